The van der Waals surface area contributed by atoms with Gasteiger partial charge >= 0.3 is 5.97 Å². The van der Waals surface area contributed by atoms with Gasteiger partial charge in [-0.1, -0.05) is 20.8 Å². The number of rotatable bonds is 6. The van der Waals surface area contributed by atoms with Gasteiger partial charge < -0.3 is 5.11 Å². The Balaban J connectivity index is 3.01. The monoisotopic (exact) mass is 333 g/mol. The van der Waals surface area contributed by atoms with E-state index in [9.17, 15) is 13.2 Å². The predicted octanol–water partition coefficient (Wildman–Crippen LogP) is 2.92. The van der Waals surface area contributed by atoms with Crippen molar-refractivity contribution in [2.45, 2.75) is 58.4 Å². The fraction of sp³-hybridized carbons (Fsp3) is 0.643. The van der Waals surface area contributed by atoms with Crippen LogP contribution >= 0.6 is 11.3 Å². The minimum absolute atomic E-state index is 0.164. The summed E-state index contributed by atoms with van der Waals surface area (Å²) < 4.78 is 27.4. The van der Waals surface area contributed by atoms with E-state index in [1.807, 2.05) is 27.7 Å². The number of sulfonamides is 1. The SMILES string of the molecule is Cc1cc(S(=O)(=O)NC(CC(=O)O)CC(C)(C)C)c(C)s1. The molecule has 1 heterocycles. The molecule has 0 radical (unpaired) electrons. The topological polar surface area (TPSA) is 83.5 Å². The first-order chi connectivity index (χ1) is 9.40. The van der Waals surface area contributed by atoms with Crippen LogP contribution in [-0.4, -0.2) is 25.5 Å². The Hall–Kier alpha value is -0.920. The van der Waals surface area contributed by atoms with E-state index in [4.69, 9.17) is 5.11 Å². The van der Waals surface area contributed by atoms with Crippen LogP contribution in [0.5, 0.6) is 0 Å². The van der Waals surface area contributed by atoms with Gasteiger partial charge in [-0.2, -0.15) is 0 Å². The molecule has 0 aliphatic rings. The van der Waals surface area contributed by atoms with E-state index < -0.39 is 22.0 Å². The van der Waals surface area contributed by atoms with Crippen molar-refractivity contribution < 1.29 is 18.3 Å². The van der Waals surface area contributed by atoms with Crippen molar-refractivity contribution in [3.63, 3.8) is 0 Å². The highest BCUT2D eigenvalue weighted by molar-refractivity contribution is 7.89. The molecule has 5 nitrogen and oxygen atoms in total. The number of carbonyl (C=O) groups is 1. The van der Waals surface area contributed by atoms with E-state index in [0.29, 0.717) is 11.3 Å². The van der Waals surface area contributed by atoms with Crippen molar-refractivity contribution in [3.05, 3.63) is 15.8 Å². The van der Waals surface area contributed by atoms with Gasteiger partial charge in [-0.25, -0.2) is 13.1 Å². The van der Waals surface area contributed by atoms with E-state index in [-0.39, 0.29) is 16.7 Å². The van der Waals surface area contributed by atoms with E-state index in [1.54, 1.807) is 13.0 Å². The lowest BCUT2D eigenvalue weighted by Crippen LogP contribution is -2.39. The van der Waals surface area contributed by atoms with Gasteiger partial charge in [0.15, 0.2) is 0 Å². The fourth-order valence-corrected chi connectivity index (χ4v) is 5.05. The average Bonchev–Trinajstić information content (AvgIpc) is 2.53. The summed E-state index contributed by atoms with van der Waals surface area (Å²) in [5.74, 6) is -1.01. The molecule has 0 aliphatic carbocycles. The van der Waals surface area contributed by atoms with Crippen LogP contribution in [0, 0.1) is 19.3 Å². The summed E-state index contributed by atoms with van der Waals surface area (Å²) in [5.41, 5.74) is -0.164. The van der Waals surface area contributed by atoms with Gasteiger partial charge in [0.1, 0.15) is 0 Å². The van der Waals surface area contributed by atoms with Crippen LogP contribution in [-0.2, 0) is 14.8 Å². The summed E-state index contributed by atoms with van der Waals surface area (Å²) in [6.07, 6.45) is 0.235. The van der Waals surface area contributed by atoms with Gasteiger partial charge in [0, 0.05) is 15.8 Å². The number of nitrogens with one attached hydrogen (secondary N) is 1. The Kier molecular flexibility index (Phi) is 5.57. The molecule has 1 atom stereocenters. The van der Waals surface area contributed by atoms with Gasteiger partial charge in [-0.05, 0) is 31.7 Å². The third-order valence-electron chi connectivity index (χ3n) is 2.89. The van der Waals surface area contributed by atoms with E-state index in [0.717, 1.165) is 4.88 Å². The summed E-state index contributed by atoms with van der Waals surface area (Å²) in [6, 6.07) is 1.00. The number of carboxylic acid groups (broad SMARTS) is 1. The Morgan fingerprint density at radius 3 is 2.33 bits per heavy atom. The van der Waals surface area contributed by atoms with Crippen LogP contribution in [0.15, 0.2) is 11.0 Å². The lowest BCUT2D eigenvalue weighted by atomic mass is 9.87. The Labute approximate surface area is 130 Å². The quantitative estimate of drug-likeness (QED) is 0.838. The maximum Gasteiger partial charge on any atom is 0.304 e. The van der Waals surface area contributed by atoms with Crippen molar-refractivity contribution in [1.82, 2.24) is 4.72 Å². The lowest BCUT2D eigenvalue weighted by Gasteiger charge is -2.25. The third kappa shape index (κ3) is 5.76. The summed E-state index contributed by atoms with van der Waals surface area (Å²) in [6.45, 7) is 9.46. The molecule has 2 N–H and O–H groups in total. The second kappa shape index (κ2) is 6.46. The molecule has 0 aromatic carbocycles. The zero-order chi connectivity index (χ0) is 16.4. The van der Waals surface area contributed by atoms with E-state index in [1.165, 1.54) is 11.3 Å². The van der Waals surface area contributed by atoms with Crippen molar-refractivity contribution in [1.29, 1.82) is 0 Å². The van der Waals surface area contributed by atoms with Crippen molar-refractivity contribution in [2.24, 2.45) is 5.41 Å². The van der Waals surface area contributed by atoms with Gasteiger partial charge in [-0.15, -0.1) is 11.3 Å². The van der Waals surface area contributed by atoms with Crippen molar-refractivity contribution in [3.8, 4) is 0 Å². The maximum atomic E-state index is 12.4. The van der Waals surface area contributed by atoms with Gasteiger partial charge in [0.2, 0.25) is 10.0 Å². The highest BCUT2D eigenvalue weighted by Gasteiger charge is 2.27. The highest BCUT2D eigenvalue weighted by Crippen LogP contribution is 2.27. The van der Waals surface area contributed by atoms with Crippen LogP contribution in [0.3, 0.4) is 0 Å². The molecule has 0 amide bonds. The molecule has 21 heavy (non-hydrogen) atoms. The number of aliphatic carboxylic acids is 1. The molecular weight excluding hydrogens is 310 g/mol. The third-order valence-corrected chi connectivity index (χ3v) is 5.63. The molecule has 0 saturated carbocycles. The number of hydrogen-bond donors (Lipinski definition) is 2. The fourth-order valence-electron chi connectivity index (χ4n) is 2.26. The molecule has 0 saturated heterocycles. The first-order valence-electron chi connectivity index (χ1n) is 6.72. The zero-order valence-corrected chi connectivity index (χ0v) is 14.7. The summed E-state index contributed by atoms with van der Waals surface area (Å²) in [5, 5.41) is 8.97. The van der Waals surface area contributed by atoms with Crippen LogP contribution in [0.1, 0.15) is 43.4 Å². The zero-order valence-electron chi connectivity index (χ0n) is 13.1. The summed E-state index contributed by atoms with van der Waals surface area (Å²) in [4.78, 5) is 12.8. The molecule has 1 unspecified atom stereocenters. The Morgan fingerprint density at radius 2 is 1.95 bits per heavy atom. The molecule has 0 aliphatic heterocycles. The number of hydrogen-bond acceptors (Lipinski definition) is 4. The van der Waals surface area contributed by atoms with Gasteiger partial charge in [-0.3, -0.25) is 4.79 Å². The standard InChI is InChI=1S/C14H23NO4S2/c1-9-6-12(10(2)20-9)21(18,19)15-11(7-13(16)17)8-14(3,4)5/h6,11,15H,7-8H2,1-5H3,(H,16,17). The number of thiophene rings is 1. The number of carboxylic acids is 1. The molecule has 7 heteroatoms. The highest BCUT2D eigenvalue weighted by atomic mass is 32.2. The second-order valence-electron chi connectivity index (χ2n) is 6.46. The molecular formula is C14H23NO4S2. The normalized spacial score (nSPS) is 14.1. The molecule has 0 bridgehead atoms. The lowest BCUT2D eigenvalue weighted by molar-refractivity contribution is -0.137. The number of aryl methyl sites for hydroxylation is 2. The van der Waals surface area contributed by atoms with Gasteiger partial charge in [0.25, 0.3) is 0 Å². The minimum Gasteiger partial charge on any atom is -0.481 e. The first kappa shape index (κ1) is 18.1. The molecule has 120 valence electrons. The van der Waals surface area contributed by atoms with E-state index >= 15 is 0 Å². The molecule has 1 aromatic rings. The van der Waals surface area contributed by atoms with Crippen LogP contribution in [0.2, 0.25) is 0 Å². The predicted molar refractivity (Wildman–Crippen MR) is 84.2 cm³/mol. The smallest absolute Gasteiger partial charge is 0.304 e. The largest absolute Gasteiger partial charge is 0.481 e. The Morgan fingerprint density at radius 1 is 1.38 bits per heavy atom. The molecule has 1 aromatic heterocycles. The van der Waals surface area contributed by atoms with Crippen LogP contribution in [0.25, 0.3) is 0 Å². The molecule has 1 rings (SSSR count). The van der Waals surface area contributed by atoms with Crippen LogP contribution < -0.4 is 4.72 Å². The second-order valence-corrected chi connectivity index (χ2v) is 9.60. The van der Waals surface area contributed by atoms with E-state index in [2.05, 4.69) is 4.72 Å². The molecule has 0 fully saturated rings. The average molecular weight is 333 g/mol. The Bertz CT molecular complexity index is 611. The minimum atomic E-state index is -3.69. The maximum absolute atomic E-state index is 12.4. The summed E-state index contributed by atoms with van der Waals surface area (Å²) >= 11 is 1.41. The summed E-state index contributed by atoms with van der Waals surface area (Å²) in [7, 11) is -3.69. The van der Waals surface area contributed by atoms with Crippen LogP contribution in [0.4, 0.5) is 0 Å². The molecule has 0 spiro atoms. The van der Waals surface area contributed by atoms with Crippen molar-refractivity contribution >= 4 is 27.3 Å². The van der Waals surface area contributed by atoms with Gasteiger partial charge in [0.05, 0.1) is 11.3 Å². The first-order valence-corrected chi connectivity index (χ1v) is 9.02. The van der Waals surface area contributed by atoms with Crippen molar-refractivity contribution in [2.75, 3.05) is 0 Å².